The Bertz CT molecular complexity index is 581. The van der Waals surface area contributed by atoms with Crippen LogP contribution < -0.4 is 21.7 Å². The zero-order valence-corrected chi connectivity index (χ0v) is 17.2. The lowest BCUT2D eigenvalue weighted by atomic mass is 9.86. The van der Waals surface area contributed by atoms with Gasteiger partial charge in [-0.3, -0.25) is 0 Å². The van der Waals surface area contributed by atoms with E-state index in [0.717, 1.165) is 35.3 Å². The normalized spacial score (nSPS) is 24.0. The first kappa shape index (κ1) is 19.0. The third-order valence-corrected chi connectivity index (χ3v) is 8.14. The molecule has 0 radical (unpaired) electrons. The molecule has 2 aliphatic heterocycles. The van der Waals surface area contributed by atoms with Gasteiger partial charge in [0.15, 0.2) is 0 Å². The van der Waals surface area contributed by atoms with Gasteiger partial charge in [-0.2, -0.15) is 0 Å². The Kier molecular flexibility index (Phi) is 5.99. The molecule has 23 heavy (non-hydrogen) atoms. The number of benzene rings is 1. The molecule has 1 saturated heterocycles. The molecule has 1 unspecified atom stereocenters. The van der Waals surface area contributed by atoms with Crippen molar-refractivity contribution in [3.05, 3.63) is 22.3 Å². The van der Waals surface area contributed by atoms with Crippen molar-refractivity contribution >= 4 is 10.9 Å². The van der Waals surface area contributed by atoms with Gasteiger partial charge in [0.2, 0.25) is 0 Å². The summed E-state index contributed by atoms with van der Waals surface area (Å²) in [6.45, 7) is 8.38. The molecule has 130 valence electrons. The Balaban J connectivity index is 0.00000192. The van der Waals surface area contributed by atoms with Crippen molar-refractivity contribution in [3.8, 4) is 11.5 Å². The number of phenols is 1. The van der Waals surface area contributed by atoms with E-state index in [0.29, 0.717) is 16.6 Å². The molecule has 1 N–H and O–H groups in total. The van der Waals surface area contributed by atoms with Crippen LogP contribution in [0.15, 0.2) is 0 Å². The van der Waals surface area contributed by atoms with E-state index in [4.69, 9.17) is 4.74 Å². The highest BCUT2D eigenvalue weighted by molar-refractivity contribution is 7.97. The smallest absolute Gasteiger partial charge is 0.127 e. The minimum absolute atomic E-state index is 0. The highest BCUT2D eigenvalue weighted by Gasteiger charge is 2.37. The second-order valence-corrected chi connectivity index (χ2v) is 9.71. The number of halogens is 1. The van der Waals surface area contributed by atoms with Crippen molar-refractivity contribution < 1.29 is 26.8 Å². The van der Waals surface area contributed by atoms with Gasteiger partial charge in [-0.25, -0.2) is 0 Å². The van der Waals surface area contributed by atoms with Gasteiger partial charge in [-0.15, -0.1) is 0 Å². The molecule has 0 aromatic heterocycles. The summed E-state index contributed by atoms with van der Waals surface area (Å²) in [5.41, 5.74) is 4.30. The van der Waals surface area contributed by atoms with E-state index in [9.17, 15) is 5.11 Å². The number of ether oxygens (including phenoxy) is 1. The second kappa shape index (κ2) is 7.26. The van der Waals surface area contributed by atoms with Crippen LogP contribution in [0.25, 0.3) is 0 Å². The van der Waals surface area contributed by atoms with Crippen LogP contribution in [-0.2, 0) is 17.3 Å². The number of aromatic hydroxyl groups is 1. The molecule has 0 bridgehead atoms. The van der Waals surface area contributed by atoms with Gasteiger partial charge >= 0.3 is 0 Å². The summed E-state index contributed by atoms with van der Waals surface area (Å²) in [6.07, 6.45) is 6.13. The zero-order valence-electron chi connectivity index (χ0n) is 14.8. The average Bonchev–Trinajstić information content (AvgIpc) is 3.02. The largest absolute Gasteiger partial charge is 1.00 e. The molecule has 4 heteroatoms. The Hall–Kier alpha value is -0.350. The third-order valence-electron chi connectivity index (χ3n) is 5.63. The molecule has 2 nitrogen and oxygen atoms in total. The summed E-state index contributed by atoms with van der Waals surface area (Å²) in [4.78, 5) is 0. The summed E-state index contributed by atoms with van der Waals surface area (Å²) < 4.78 is 6.52. The van der Waals surface area contributed by atoms with E-state index < -0.39 is 0 Å². The van der Waals surface area contributed by atoms with Crippen molar-refractivity contribution in [3.63, 3.8) is 0 Å². The summed E-state index contributed by atoms with van der Waals surface area (Å²) in [5.74, 6) is 5.73. The maximum atomic E-state index is 10.3. The molecule has 1 aromatic carbocycles. The van der Waals surface area contributed by atoms with E-state index >= 15 is 0 Å². The molecule has 0 aliphatic carbocycles. The number of phenolic OH excluding ortho intramolecular Hbond substituents is 1. The number of fused-ring (bicyclic) bond motifs is 1. The van der Waals surface area contributed by atoms with Crippen molar-refractivity contribution in [1.29, 1.82) is 0 Å². The van der Waals surface area contributed by atoms with Crippen molar-refractivity contribution in [2.45, 2.75) is 65.4 Å². The quantitative estimate of drug-likeness (QED) is 0.772. The van der Waals surface area contributed by atoms with Crippen LogP contribution in [0, 0.1) is 20.8 Å². The van der Waals surface area contributed by atoms with Gasteiger partial charge in [-0.05, 0) is 81.0 Å². The first-order valence-corrected chi connectivity index (χ1v) is 10.3. The van der Waals surface area contributed by atoms with E-state index in [1.807, 2.05) is 13.8 Å². The molecule has 0 spiro atoms. The van der Waals surface area contributed by atoms with Crippen molar-refractivity contribution in [2.24, 2.45) is 0 Å². The minimum Gasteiger partial charge on any atom is -1.00 e. The maximum absolute atomic E-state index is 10.3. The predicted octanol–water partition coefficient (Wildman–Crippen LogP) is 1.21. The van der Waals surface area contributed by atoms with Gasteiger partial charge in [0.05, 0.1) is 0 Å². The Morgan fingerprint density at radius 2 is 1.74 bits per heavy atom. The first-order chi connectivity index (χ1) is 10.4. The standard InChI is InChI=1S/C19H28O2S.BrH/c1-13-14(2)18-16(15(3)17(13)20)7-8-19(4,21-18)9-12-22-10-5-6-11-22;/h5-12H2,1-4H3;1H. The second-order valence-electron chi connectivity index (χ2n) is 7.27. The van der Waals surface area contributed by atoms with Crippen LogP contribution >= 0.6 is 0 Å². The molecular weight excluding hydrogens is 372 g/mol. The molecule has 3 rings (SSSR count). The van der Waals surface area contributed by atoms with Crippen molar-refractivity contribution in [1.82, 2.24) is 0 Å². The highest BCUT2D eigenvalue weighted by Crippen LogP contribution is 2.44. The summed E-state index contributed by atoms with van der Waals surface area (Å²) in [6, 6.07) is 0. The van der Waals surface area contributed by atoms with Crippen LogP contribution in [0.1, 0.15) is 54.9 Å². The lowest BCUT2D eigenvalue weighted by Gasteiger charge is -2.37. The first-order valence-electron chi connectivity index (χ1n) is 8.56. The van der Waals surface area contributed by atoms with E-state index in [1.165, 1.54) is 42.1 Å². The van der Waals surface area contributed by atoms with E-state index in [-0.39, 0.29) is 22.6 Å². The van der Waals surface area contributed by atoms with Crippen LogP contribution in [0.3, 0.4) is 0 Å². The molecule has 2 heterocycles. The maximum Gasteiger partial charge on any atom is 0.127 e. The fourth-order valence-corrected chi connectivity index (χ4v) is 6.31. The Morgan fingerprint density at radius 1 is 1.09 bits per heavy atom. The van der Waals surface area contributed by atoms with Crippen LogP contribution in [0.4, 0.5) is 0 Å². The SMILES string of the molecule is Cc1c(C)c2c(c(C)c1O)CCC(C)(CC[S+]1CCCC1)O2.[Br-]. The third kappa shape index (κ3) is 3.68. The molecule has 0 amide bonds. The van der Waals surface area contributed by atoms with E-state index in [1.54, 1.807) is 0 Å². The summed E-state index contributed by atoms with van der Waals surface area (Å²) in [7, 11) is 0.650. The zero-order chi connectivity index (χ0) is 15.9. The van der Waals surface area contributed by atoms with Crippen LogP contribution in [0.5, 0.6) is 11.5 Å². The van der Waals surface area contributed by atoms with Crippen LogP contribution in [0.2, 0.25) is 0 Å². The fraction of sp³-hybridized carbons (Fsp3) is 0.684. The predicted molar refractivity (Wildman–Crippen MR) is 95.5 cm³/mol. The fourth-order valence-electron chi connectivity index (χ4n) is 3.75. The minimum atomic E-state index is -0.0246. The van der Waals surface area contributed by atoms with Crippen LogP contribution in [-0.4, -0.2) is 28.0 Å². The molecule has 1 fully saturated rings. The number of rotatable bonds is 3. The Labute approximate surface area is 154 Å². The number of hydrogen-bond acceptors (Lipinski definition) is 2. The molecule has 2 aliphatic rings. The molecule has 1 aromatic rings. The summed E-state index contributed by atoms with van der Waals surface area (Å²) in [5, 5.41) is 10.3. The topological polar surface area (TPSA) is 29.5 Å². The highest BCUT2D eigenvalue weighted by atomic mass is 79.9. The molecular formula is C19H29BrO2S. The molecule has 1 atom stereocenters. The van der Waals surface area contributed by atoms with Gasteiger partial charge < -0.3 is 26.8 Å². The van der Waals surface area contributed by atoms with Gasteiger partial charge in [-0.1, -0.05) is 0 Å². The summed E-state index contributed by atoms with van der Waals surface area (Å²) >= 11 is 0. The lowest BCUT2D eigenvalue weighted by molar-refractivity contribution is -0.0000102. The van der Waals surface area contributed by atoms with Gasteiger partial charge in [0.25, 0.3) is 0 Å². The molecule has 0 saturated carbocycles. The van der Waals surface area contributed by atoms with Gasteiger partial charge in [0, 0.05) is 12.0 Å². The lowest BCUT2D eigenvalue weighted by Crippen LogP contribution is -3.00. The van der Waals surface area contributed by atoms with E-state index in [2.05, 4.69) is 13.8 Å². The Morgan fingerprint density at radius 3 is 2.39 bits per heavy atom. The monoisotopic (exact) mass is 400 g/mol. The van der Waals surface area contributed by atoms with Crippen molar-refractivity contribution in [2.75, 3.05) is 17.3 Å². The number of hydrogen-bond donors (Lipinski definition) is 1. The van der Waals surface area contributed by atoms with Gasteiger partial charge in [0.1, 0.15) is 34.4 Å². The average molecular weight is 401 g/mol.